The van der Waals surface area contributed by atoms with E-state index in [9.17, 15) is 4.79 Å². The summed E-state index contributed by atoms with van der Waals surface area (Å²) in [5.74, 6) is -0.198. The molecule has 0 aromatic heterocycles. The van der Waals surface area contributed by atoms with Crippen LogP contribution in [0.2, 0.25) is 0 Å². The van der Waals surface area contributed by atoms with Crippen molar-refractivity contribution in [2.75, 3.05) is 19.6 Å². The first-order valence-corrected chi connectivity index (χ1v) is 4.96. The third kappa shape index (κ3) is 2.19. The fraction of sp³-hybridized carbons (Fsp3) is 0.889. The number of amides is 1. The van der Waals surface area contributed by atoms with Gasteiger partial charge in [-0.15, -0.1) is 0 Å². The molecule has 1 fully saturated rings. The third-order valence-electron chi connectivity index (χ3n) is 2.71. The third-order valence-corrected chi connectivity index (χ3v) is 2.71. The molecule has 0 bridgehead atoms. The quantitative estimate of drug-likeness (QED) is 0.609. The van der Waals surface area contributed by atoms with Gasteiger partial charge < -0.3 is 11.1 Å². The standard InChI is InChI=1S/C9H19N3O/c1-3-8(9(10)13)12(4-2)7-5-11-6-7/h7-8,11H,3-6H2,1-2H3,(H2,10,13). The van der Waals surface area contributed by atoms with Crippen molar-refractivity contribution in [3.8, 4) is 0 Å². The zero-order chi connectivity index (χ0) is 9.84. The van der Waals surface area contributed by atoms with Crippen LogP contribution in [0, 0.1) is 0 Å². The summed E-state index contributed by atoms with van der Waals surface area (Å²) in [5.41, 5.74) is 5.34. The van der Waals surface area contributed by atoms with Gasteiger partial charge in [-0.1, -0.05) is 13.8 Å². The summed E-state index contributed by atoms with van der Waals surface area (Å²) in [6.45, 7) is 6.94. The summed E-state index contributed by atoms with van der Waals surface area (Å²) in [6, 6.07) is 0.416. The van der Waals surface area contributed by atoms with E-state index in [0.717, 1.165) is 26.1 Å². The maximum atomic E-state index is 11.1. The van der Waals surface area contributed by atoms with Crippen LogP contribution in [0.5, 0.6) is 0 Å². The first kappa shape index (κ1) is 10.5. The van der Waals surface area contributed by atoms with Crippen molar-refractivity contribution in [3.05, 3.63) is 0 Å². The van der Waals surface area contributed by atoms with Gasteiger partial charge >= 0.3 is 0 Å². The second-order valence-electron chi connectivity index (χ2n) is 3.47. The molecular formula is C9H19N3O. The lowest BCUT2D eigenvalue weighted by Crippen LogP contribution is -2.61. The van der Waals surface area contributed by atoms with Crippen molar-refractivity contribution in [1.82, 2.24) is 10.2 Å². The lowest BCUT2D eigenvalue weighted by atomic mass is 10.1. The molecule has 13 heavy (non-hydrogen) atoms. The molecule has 1 saturated heterocycles. The molecule has 4 heteroatoms. The number of nitrogens with zero attached hydrogens (tertiary/aromatic N) is 1. The second kappa shape index (κ2) is 4.58. The van der Waals surface area contributed by atoms with Gasteiger partial charge in [0.1, 0.15) is 0 Å². The number of hydrogen-bond donors (Lipinski definition) is 2. The van der Waals surface area contributed by atoms with Gasteiger partial charge in [-0.25, -0.2) is 0 Å². The number of nitrogens with two attached hydrogens (primary N) is 1. The molecule has 0 spiro atoms. The lowest BCUT2D eigenvalue weighted by molar-refractivity contribution is -0.124. The average molecular weight is 185 g/mol. The minimum Gasteiger partial charge on any atom is -0.368 e. The van der Waals surface area contributed by atoms with Crippen LogP contribution >= 0.6 is 0 Å². The van der Waals surface area contributed by atoms with E-state index in [1.807, 2.05) is 6.92 Å². The average Bonchev–Trinajstić information content (AvgIpc) is 1.99. The highest BCUT2D eigenvalue weighted by molar-refractivity contribution is 5.79. The van der Waals surface area contributed by atoms with Crippen molar-refractivity contribution in [3.63, 3.8) is 0 Å². The van der Waals surface area contributed by atoms with E-state index >= 15 is 0 Å². The SMILES string of the molecule is CCC(C(N)=O)N(CC)C1CNC1. The van der Waals surface area contributed by atoms with Gasteiger partial charge in [-0.2, -0.15) is 0 Å². The Morgan fingerprint density at radius 2 is 2.23 bits per heavy atom. The Balaban J connectivity index is 2.55. The fourth-order valence-electron chi connectivity index (χ4n) is 1.84. The second-order valence-corrected chi connectivity index (χ2v) is 3.47. The van der Waals surface area contributed by atoms with Gasteiger partial charge in [0.05, 0.1) is 6.04 Å². The summed E-state index contributed by atoms with van der Waals surface area (Å²) in [4.78, 5) is 13.3. The van der Waals surface area contributed by atoms with Gasteiger partial charge in [-0.3, -0.25) is 9.69 Å². The molecule has 0 saturated carbocycles. The Kier molecular flexibility index (Phi) is 3.69. The van der Waals surface area contributed by atoms with E-state index < -0.39 is 0 Å². The highest BCUT2D eigenvalue weighted by Gasteiger charge is 2.30. The monoisotopic (exact) mass is 185 g/mol. The van der Waals surface area contributed by atoms with Gasteiger partial charge in [0.2, 0.25) is 5.91 Å². The van der Waals surface area contributed by atoms with E-state index in [4.69, 9.17) is 5.73 Å². The van der Waals surface area contributed by atoms with Gasteiger partial charge in [0.25, 0.3) is 0 Å². The zero-order valence-electron chi connectivity index (χ0n) is 8.42. The zero-order valence-corrected chi connectivity index (χ0v) is 8.42. The number of primary amides is 1. The highest BCUT2D eigenvalue weighted by atomic mass is 16.1. The van der Waals surface area contributed by atoms with Crippen molar-refractivity contribution in [2.24, 2.45) is 5.73 Å². The highest BCUT2D eigenvalue weighted by Crippen LogP contribution is 2.11. The molecule has 0 aromatic carbocycles. The number of hydrogen-bond acceptors (Lipinski definition) is 3. The fourth-order valence-corrected chi connectivity index (χ4v) is 1.84. The molecule has 0 radical (unpaired) electrons. The number of carbonyl (C=O) groups excluding carboxylic acids is 1. The van der Waals surface area contributed by atoms with Crippen molar-refractivity contribution >= 4 is 5.91 Å². The van der Waals surface area contributed by atoms with Crippen LogP contribution in [-0.2, 0) is 4.79 Å². The van der Waals surface area contributed by atoms with Crippen LogP contribution in [0.1, 0.15) is 20.3 Å². The van der Waals surface area contributed by atoms with Crippen molar-refractivity contribution in [1.29, 1.82) is 0 Å². The van der Waals surface area contributed by atoms with Crippen LogP contribution in [0.25, 0.3) is 0 Å². The van der Waals surface area contributed by atoms with Crippen LogP contribution in [0.4, 0.5) is 0 Å². The Hall–Kier alpha value is -0.610. The van der Waals surface area contributed by atoms with Gasteiger partial charge in [0.15, 0.2) is 0 Å². The molecule has 0 aromatic rings. The lowest BCUT2D eigenvalue weighted by Gasteiger charge is -2.41. The van der Waals surface area contributed by atoms with Gasteiger partial charge in [0, 0.05) is 19.1 Å². The first-order chi connectivity index (χ1) is 6.20. The van der Waals surface area contributed by atoms with E-state index in [1.165, 1.54) is 0 Å². The van der Waals surface area contributed by atoms with Gasteiger partial charge in [-0.05, 0) is 13.0 Å². The minimum absolute atomic E-state index is 0.0860. The van der Waals surface area contributed by atoms with Crippen molar-refractivity contribution < 1.29 is 4.79 Å². The van der Waals surface area contributed by atoms with Crippen LogP contribution in [0.3, 0.4) is 0 Å². The normalized spacial score (nSPS) is 19.9. The van der Waals surface area contributed by atoms with E-state index in [0.29, 0.717) is 6.04 Å². The Morgan fingerprint density at radius 3 is 2.46 bits per heavy atom. The summed E-state index contributed by atoms with van der Waals surface area (Å²) in [5, 5.41) is 3.20. The summed E-state index contributed by atoms with van der Waals surface area (Å²) in [6.07, 6.45) is 0.805. The summed E-state index contributed by atoms with van der Waals surface area (Å²) in [7, 11) is 0. The number of rotatable bonds is 5. The Bertz CT molecular complexity index is 180. The number of nitrogens with one attached hydrogen (secondary N) is 1. The molecule has 1 rings (SSSR count). The molecule has 1 atom stereocenters. The number of carbonyl (C=O) groups is 1. The topological polar surface area (TPSA) is 58.4 Å². The van der Waals surface area contributed by atoms with E-state index in [2.05, 4.69) is 17.1 Å². The number of likely N-dealkylation sites (N-methyl/N-ethyl adjacent to an activating group) is 1. The molecule has 1 heterocycles. The summed E-state index contributed by atoms with van der Waals surface area (Å²) >= 11 is 0. The minimum atomic E-state index is -0.198. The predicted molar refractivity (Wildman–Crippen MR) is 52.3 cm³/mol. The molecule has 0 aliphatic carbocycles. The predicted octanol–water partition coefficient (Wildman–Crippen LogP) is -0.456. The summed E-state index contributed by atoms with van der Waals surface area (Å²) < 4.78 is 0. The molecule has 4 nitrogen and oxygen atoms in total. The molecule has 1 aliphatic heterocycles. The van der Waals surface area contributed by atoms with Crippen molar-refractivity contribution in [2.45, 2.75) is 32.4 Å². The smallest absolute Gasteiger partial charge is 0.234 e. The molecular weight excluding hydrogens is 166 g/mol. The van der Waals surface area contributed by atoms with E-state index in [-0.39, 0.29) is 11.9 Å². The van der Waals surface area contributed by atoms with Crippen LogP contribution in [0.15, 0.2) is 0 Å². The maximum absolute atomic E-state index is 11.1. The Morgan fingerprint density at radius 1 is 1.62 bits per heavy atom. The van der Waals surface area contributed by atoms with E-state index in [1.54, 1.807) is 0 Å². The molecule has 1 aliphatic rings. The first-order valence-electron chi connectivity index (χ1n) is 4.96. The molecule has 76 valence electrons. The largest absolute Gasteiger partial charge is 0.368 e. The Labute approximate surface area is 79.5 Å². The van der Waals surface area contributed by atoms with Crippen LogP contribution in [-0.4, -0.2) is 42.5 Å². The maximum Gasteiger partial charge on any atom is 0.234 e. The molecule has 1 unspecified atom stereocenters. The molecule has 1 amide bonds. The molecule has 3 N–H and O–H groups in total. The van der Waals surface area contributed by atoms with Crippen LogP contribution < -0.4 is 11.1 Å².